The van der Waals surface area contributed by atoms with E-state index in [1.54, 1.807) is 11.8 Å². The fourth-order valence-electron chi connectivity index (χ4n) is 4.29. The predicted octanol–water partition coefficient (Wildman–Crippen LogP) is 3.28. The van der Waals surface area contributed by atoms with Crippen LogP contribution in [0.5, 0.6) is 5.75 Å². The van der Waals surface area contributed by atoms with Crippen molar-refractivity contribution >= 4 is 17.8 Å². The second-order valence-electron chi connectivity index (χ2n) is 8.92. The molecule has 0 aliphatic carbocycles. The van der Waals surface area contributed by atoms with E-state index in [0.717, 1.165) is 21.8 Å². The Kier molecular flexibility index (Phi) is 6.10. The van der Waals surface area contributed by atoms with E-state index in [9.17, 15) is 18.8 Å². The molecule has 7 nitrogen and oxygen atoms in total. The third-order valence-corrected chi connectivity index (χ3v) is 6.42. The average Bonchev–Trinajstić information content (AvgIpc) is 3.01. The molecular formula is C25H28FN3O4. The summed E-state index contributed by atoms with van der Waals surface area (Å²) in [6, 6.07) is 10.8. The monoisotopic (exact) mass is 453 g/mol. The van der Waals surface area contributed by atoms with Crippen LogP contribution < -0.4 is 10.1 Å². The highest BCUT2D eigenvalue weighted by molar-refractivity contribution is 6.09. The van der Waals surface area contributed by atoms with Crippen molar-refractivity contribution < 1.29 is 23.5 Å². The molecule has 2 aromatic carbocycles. The number of piperidine rings is 1. The fourth-order valence-corrected chi connectivity index (χ4v) is 4.29. The average molecular weight is 454 g/mol. The van der Waals surface area contributed by atoms with Crippen LogP contribution in [0.25, 0.3) is 0 Å². The summed E-state index contributed by atoms with van der Waals surface area (Å²) >= 11 is 0. The number of imide groups is 1. The molecule has 1 unspecified atom stereocenters. The summed E-state index contributed by atoms with van der Waals surface area (Å²) in [5.74, 6) is -0.386. The van der Waals surface area contributed by atoms with E-state index in [-0.39, 0.29) is 18.6 Å². The van der Waals surface area contributed by atoms with Crippen LogP contribution in [-0.2, 0) is 15.1 Å². The van der Waals surface area contributed by atoms with Crippen LogP contribution in [0.1, 0.15) is 36.5 Å². The van der Waals surface area contributed by atoms with Gasteiger partial charge in [0.2, 0.25) is 5.91 Å². The zero-order valence-corrected chi connectivity index (χ0v) is 19.1. The Hall–Kier alpha value is -3.42. The largest absolute Gasteiger partial charge is 0.490 e. The standard InChI is InChI=1S/C25H28FN3O4/c1-16-4-5-17(2)21(14-16)33-20-10-12-28(13-11-20)22(30)15-29-23(31)25(3,27-24(29)32)18-6-8-19(26)9-7-18/h4-9,14,20H,10-13,15H2,1-3H3,(H,27,32). The highest BCUT2D eigenvalue weighted by Crippen LogP contribution is 2.29. The minimum absolute atomic E-state index is 0.00744. The molecule has 0 radical (unpaired) electrons. The Labute approximate surface area is 192 Å². The third-order valence-electron chi connectivity index (χ3n) is 6.42. The molecule has 2 aromatic rings. The molecule has 8 heteroatoms. The van der Waals surface area contributed by atoms with Gasteiger partial charge in [0, 0.05) is 25.9 Å². The summed E-state index contributed by atoms with van der Waals surface area (Å²) in [5, 5.41) is 2.64. The minimum Gasteiger partial charge on any atom is -0.490 e. The van der Waals surface area contributed by atoms with Gasteiger partial charge in [-0.2, -0.15) is 0 Å². The van der Waals surface area contributed by atoms with Crippen LogP contribution in [0.4, 0.5) is 9.18 Å². The summed E-state index contributed by atoms with van der Waals surface area (Å²) in [4.78, 5) is 41.0. The lowest BCUT2D eigenvalue weighted by Crippen LogP contribution is -2.48. The first-order chi connectivity index (χ1) is 15.7. The van der Waals surface area contributed by atoms with Crippen LogP contribution in [0, 0.1) is 19.7 Å². The van der Waals surface area contributed by atoms with Gasteiger partial charge in [-0.15, -0.1) is 0 Å². The Morgan fingerprint density at radius 3 is 2.45 bits per heavy atom. The molecule has 2 fully saturated rings. The van der Waals surface area contributed by atoms with Gasteiger partial charge in [0.05, 0.1) is 0 Å². The molecule has 4 amide bonds. The summed E-state index contributed by atoms with van der Waals surface area (Å²) < 4.78 is 19.4. The Bertz CT molecular complexity index is 1080. The number of rotatable bonds is 5. The van der Waals surface area contributed by atoms with Gasteiger partial charge < -0.3 is 15.0 Å². The van der Waals surface area contributed by atoms with Crippen molar-refractivity contribution in [1.82, 2.24) is 15.1 Å². The molecular weight excluding hydrogens is 425 g/mol. The molecule has 1 atom stereocenters. The molecule has 174 valence electrons. The number of carbonyl (C=O) groups excluding carboxylic acids is 3. The number of aryl methyl sites for hydroxylation is 2. The number of hydrogen-bond acceptors (Lipinski definition) is 4. The molecule has 4 rings (SSSR count). The van der Waals surface area contributed by atoms with E-state index < -0.39 is 23.3 Å². The van der Waals surface area contributed by atoms with Crippen LogP contribution >= 0.6 is 0 Å². The van der Waals surface area contributed by atoms with Crippen LogP contribution in [0.2, 0.25) is 0 Å². The van der Waals surface area contributed by atoms with E-state index >= 15 is 0 Å². The maximum atomic E-state index is 13.3. The number of carbonyl (C=O) groups is 3. The minimum atomic E-state index is -1.34. The van der Waals surface area contributed by atoms with E-state index in [2.05, 4.69) is 5.32 Å². The smallest absolute Gasteiger partial charge is 0.325 e. The van der Waals surface area contributed by atoms with Crippen molar-refractivity contribution in [2.24, 2.45) is 0 Å². The number of ether oxygens (including phenoxy) is 1. The predicted molar refractivity (Wildman–Crippen MR) is 120 cm³/mol. The number of benzene rings is 2. The maximum Gasteiger partial charge on any atom is 0.325 e. The quantitative estimate of drug-likeness (QED) is 0.705. The van der Waals surface area contributed by atoms with Gasteiger partial charge in [-0.05, 0) is 55.7 Å². The lowest BCUT2D eigenvalue weighted by atomic mass is 9.92. The van der Waals surface area contributed by atoms with Gasteiger partial charge in [0.1, 0.15) is 29.8 Å². The van der Waals surface area contributed by atoms with Gasteiger partial charge in [0.25, 0.3) is 5.91 Å². The van der Waals surface area contributed by atoms with E-state index in [1.165, 1.54) is 24.3 Å². The number of nitrogens with one attached hydrogen (secondary N) is 1. The molecule has 0 saturated carbocycles. The molecule has 2 saturated heterocycles. The van der Waals surface area contributed by atoms with E-state index in [1.807, 2.05) is 32.0 Å². The fraction of sp³-hybridized carbons (Fsp3) is 0.400. The van der Waals surface area contributed by atoms with Gasteiger partial charge in [0.15, 0.2) is 0 Å². The van der Waals surface area contributed by atoms with Crippen molar-refractivity contribution in [3.8, 4) is 5.75 Å². The molecule has 2 aliphatic heterocycles. The Balaban J connectivity index is 1.35. The van der Waals surface area contributed by atoms with Gasteiger partial charge in [-0.3, -0.25) is 14.5 Å². The van der Waals surface area contributed by atoms with Gasteiger partial charge in [-0.25, -0.2) is 9.18 Å². The topological polar surface area (TPSA) is 79.0 Å². The van der Waals surface area contributed by atoms with Gasteiger partial charge in [-0.1, -0.05) is 24.3 Å². The van der Waals surface area contributed by atoms with Crippen molar-refractivity contribution in [3.63, 3.8) is 0 Å². The molecule has 2 heterocycles. The summed E-state index contributed by atoms with van der Waals surface area (Å²) in [7, 11) is 0. The normalized spacial score (nSPS) is 21.3. The first kappa shape index (κ1) is 22.8. The number of hydrogen-bond donors (Lipinski definition) is 1. The number of likely N-dealkylation sites (tertiary alicyclic amines) is 1. The van der Waals surface area contributed by atoms with Crippen LogP contribution in [-0.4, -0.2) is 53.4 Å². The van der Waals surface area contributed by atoms with Crippen molar-refractivity contribution in [3.05, 3.63) is 65.0 Å². The number of urea groups is 1. The Morgan fingerprint density at radius 2 is 1.79 bits per heavy atom. The maximum absolute atomic E-state index is 13.3. The molecule has 1 N–H and O–H groups in total. The molecule has 2 aliphatic rings. The van der Waals surface area contributed by atoms with E-state index in [4.69, 9.17) is 4.74 Å². The second kappa shape index (κ2) is 8.84. The highest BCUT2D eigenvalue weighted by atomic mass is 19.1. The first-order valence-corrected chi connectivity index (χ1v) is 11.1. The van der Waals surface area contributed by atoms with Crippen molar-refractivity contribution in [1.29, 1.82) is 0 Å². The third kappa shape index (κ3) is 4.55. The molecule has 0 spiro atoms. The zero-order valence-electron chi connectivity index (χ0n) is 19.1. The van der Waals surface area contributed by atoms with Crippen molar-refractivity contribution in [2.45, 2.75) is 45.3 Å². The number of nitrogens with zero attached hydrogens (tertiary/aromatic N) is 2. The lowest BCUT2D eigenvalue weighted by Gasteiger charge is -2.33. The highest BCUT2D eigenvalue weighted by Gasteiger charge is 2.49. The van der Waals surface area contributed by atoms with Crippen molar-refractivity contribution in [2.75, 3.05) is 19.6 Å². The number of amides is 4. The lowest BCUT2D eigenvalue weighted by molar-refractivity contribution is -0.140. The summed E-state index contributed by atoms with van der Waals surface area (Å²) in [6.07, 6.45) is 1.35. The second-order valence-corrected chi connectivity index (χ2v) is 8.92. The first-order valence-electron chi connectivity index (χ1n) is 11.1. The van der Waals surface area contributed by atoms with Crippen LogP contribution in [0.3, 0.4) is 0 Å². The summed E-state index contributed by atoms with van der Waals surface area (Å²) in [6.45, 7) is 6.24. The molecule has 0 aromatic heterocycles. The SMILES string of the molecule is Cc1ccc(C)c(OC2CCN(C(=O)CN3C(=O)NC(C)(c4ccc(F)cc4)C3=O)CC2)c1. The molecule has 33 heavy (non-hydrogen) atoms. The summed E-state index contributed by atoms with van der Waals surface area (Å²) in [5.41, 5.74) is 1.32. The van der Waals surface area contributed by atoms with Crippen LogP contribution in [0.15, 0.2) is 42.5 Å². The molecule has 0 bridgehead atoms. The number of halogens is 1. The zero-order chi connectivity index (χ0) is 23.8. The van der Waals surface area contributed by atoms with E-state index in [0.29, 0.717) is 31.5 Å². The Morgan fingerprint density at radius 1 is 1.12 bits per heavy atom. The van der Waals surface area contributed by atoms with Gasteiger partial charge >= 0.3 is 6.03 Å².